The number of piperidine rings is 1. The Kier molecular flexibility index (Phi) is 5.01. The van der Waals surface area contributed by atoms with Gasteiger partial charge >= 0.3 is 0 Å². The Bertz CT molecular complexity index is 288. The van der Waals surface area contributed by atoms with E-state index in [2.05, 4.69) is 22.2 Å². The molecular weight excluding hydrogens is 212 g/mol. The molecular formula is C13H24N4. The third-order valence-corrected chi connectivity index (χ3v) is 3.66. The van der Waals surface area contributed by atoms with Crippen molar-refractivity contribution in [3.05, 3.63) is 18.5 Å². The zero-order valence-corrected chi connectivity index (χ0v) is 10.8. The van der Waals surface area contributed by atoms with Crippen LogP contribution in [0.15, 0.2) is 18.5 Å². The fourth-order valence-corrected chi connectivity index (χ4v) is 2.44. The van der Waals surface area contributed by atoms with E-state index >= 15 is 0 Å². The molecule has 0 aliphatic carbocycles. The van der Waals surface area contributed by atoms with Gasteiger partial charge < -0.3 is 10.2 Å². The largest absolute Gasteiger partial charge is 0.315 e. The molecule has 1 saturated heterocycles. The average Bonchev–Trinajstić information content (AvgIpc) is 2.88. The molecule has 0 atom stereocenters. The van der Waals surface area contributed by atoms with Gasteiger partial charge in [-0.3, -0.25) is 4.68 Å². The summed E-state index contributed by atoms with van der Waals surface area (Å²) in [5.41, 5.74) is 0. The first-order chi connectivity index (χ1) is 8.38. The molecule has 2 heterocycles. The van der Waals surface area contributed by atoms with Gasteiger partial charge in [0.15, 0.2) is 0 Å². The van der Waals surface area contributed by atoms with Crippen LogP contribution < -0.4 is 5.32 Å². The SMILES string of the molecule is CCN1CCC(CNCCn2cccn2)CC1. The Balaban J connectivity index is 1.54. The fourth-order valence-electron chi connectivity index (χ4n) is 2.44. The maximum Gasteiger partial charge on any atom is 0.0533 e. The molecule has 0 amide bonds. The Morgan fingerprint density at radius 1 is 1.35 bits per heavy atom. The summed E-state index contributed by atoms with van der Waals surface area (Å²) in [5, 5.41) is 7.74. The molecule has 0 unspecified atom stereocenters. The molecule has 4 heteroatoms. The third-order valence-electron chi connectivity index (χ3n) is 3.66. The van der Waals surface area contributed by atoms with E-state index in [-0.39, 0.29) is 0 Å². The van der Waals surface area contributed by atoms with E-state index in [1.54, 1.807) is 0 Å². The molecule has 1 aromatic rings. The van der Waals surface area contributed by atoms with Crippen molar-refractivity contribution < 1.29 is 0 Å². The normalized spacial score (nSPS) is 18.6. The van der Waals surface area contributed by atoms with Crippen LogP contribution in [0.4, 0.5) is 0 Å². The van der Waals surface area contributed by atoms with Gasteiger partial charge in [0.25, 0.3) is 0 Å². The zero-order valence-electron chi connectivity index (χ0n) is 10.8. The summed E-state index contributed by atoms with van der Waals surface area (Å²) in [6.07, 6.45) is 6.55. The van der Waals surface area contributed by atoms with Gasteiger partial charge in [-0.15, -0.1) is 0 Å². The molecule has 17 heavy (non-hydrogen) atoms. The minimum absolute atomic E-state index is 0.871. The quantitative estimate of drug-likeness (QED) is 0.754. The van der Waals surface area contributed by atoms with E-state index < -0.39 is 0 Å². The van der Waals surface area contributed by atoms with E-state index in [1.807, 2.05) is 23.1 Å². The summed E-state index contributed by atoms with van der Waals surface area (Å²) < 4.78 is 1.98. The number of likely N-dealkylation sites (tertiary alicyclic amines) is 1. The molecule has 0 aromatic carbocycles. The maximum atomic E-state index is 4.19. The second kappa shape index (κ2) is 6.77. The Morgan fingerprint density at radius 2 is 2.18 bits per heavy atom. The predicted octanol–water partition coefficient (Wildman–Crippen LogP) is 1.20. The van der Waals surface area contributed by atoms with Gasteiger partial charge in [-0.05, 0) is 51.0 Å². The molecule has 1 N–H and O–H groups in total. The van der Waals surface area contributed by atoms with Crippen molar-refractivity contribution in [1.29, 1.82) is 0 Å². The van der Waals surface area contributed by atoms with Crippen LogP contribution in [0.3, 0.4) is 0 Å². The van der Waals surface area contributed by atoms with Crippen molar-refractivity contribution in [2.75, 3.05) is 32.7 Å². The lowest BCUT2D eigenvalue weighted by Gasteiger charge is -2.31. The fraction of sp³-hybridized carbons (Fsp3) is 0.769. The van der Waals surface area contributed by atoms with Gasteiger partial charge in [0, 0.05) is 18.9 Å². The van der Waals surface area contributed by atoms with Gasteiger partial charge in [0.2, 0.25) is 0 Å². The van der Waals surface area contributed by atoms with Crippen molar-refractivity contribution in [3.8, 4) is 0 Å². The molecule has 0 saturated carbocycles. The van der Waals surface area contributed by atoms with Crippen LogP contribution in [-0.4, -0.2) is 47.4 Å². The van der Waals surface area contributed by atoms with Crippen LogP contribution in [0, 0.1) is 5.92 Å². The lowest BCUT2D eigenvalue weighted by Crippen LogP contribution is -2.37. The van der Waals surface area contributed by atoms with Crippen LogP contribution >= 0.6 is 0 Å². The van der Waals surface area contributed by atoms with Gasteiger partial charge in [-0.2, -0.15) is 5.10 Å². The molecule has 2 rings (SSSR count). The summed E-state index contributed by atoms with van der Waals surface area (Å²) in [4.78, 5) is 2.54. The van der Waals surface area contributed by atoms with Gasteiger partial charge in [-0.1, -0.05) is 6.92 Å². The smallest absolute Gasteiger partial charge is 0.0533 e. The molecule has 1 aromatic heterocycles. The van der Waals surface area contributed by atoms with Crippen LogP contribution in [0.1, 0.15) is 19.8 Å². The van der Waals surface area contributed by atoms with Gasteiger partial charge in [-0.25, -0.2) is 0 Å². The zero-order chi connectivity index (χ0) is 11.9. The summed E-state index contributed by atoms with van der Waals surface area (Å²) >= 11 is 0. The minimum Gasteiger partial charge on any atom is -0.315 e. The van der Waals surface area contributed by atoms with Crippen molar-refractivity contribution in [2.24, 2.45) is 5.92 Å². The molecule has 0 bridgehead atoms. The summed E-state index contributed by atoms with van der Waals surface area (Å²) in [6, 6.07) is 1.97. The lowest BCUT2D eigenvalue weighted by atomic mass is 9.97. The van der Waals surface area contributed by atoms with Crippen molar-refractivity contribution in [2.45, 2.75) is 26.3 Å². The predicted molar refractivity (Wildman–Crippen MR) is 69.9 cm³/mol. The lowest BCUT2D eigenvalue weighted by molar-refractivity contribution is 0.190. The number of aromatic nitrogens is 2. The minimum atomic E-state index is 0.871. The summed E-state index contributed by atoms with van der Waals surface area (Å²) in [7, 11) is 0. The Hall–Kier alpha value is -0.870. The monoisotopic (exact) mass is 236 g/mol. The number of nitrogens with one attached hydrogen (secondary N) is 1. The van der Waals surface area contributed by atoms with E-state index in [9.17, 15) is 0 Å². The summed E-state index contributed by atoms with van der Waals surface area (Å²) in [5.74, 6) is 0.871. The Labute approximate surface area is 104 Å². The first-order valence-electron chi connectivity index (χ1n) is 6.79. The number of hydrogen-bond donors (Lipinski definition) is 1. The van der Waals surface area contributed by atoms with Crippen LogP contribution in [0.2, 0.25) is 0 Å². The maximum absolute atomic E-state index is 4.19. The second-order valence-corrected chi connectivity index (χ2v) is 4.85. The molecule has 96 valence electrons. The standard InChI is InChI=1S/C13H24N4/c1-2-16-9-4-13(5-10-16)12-14-7-11-17-8-3-6-15-17/h3,6,8,13-14H,2,4-5,7,9-12H2,1H3. The molecule has 0 spiro atoms. The molecule has 1 aliphatic heterocycles. The summed E-state index contributed by atoms with van der Waals surface area (Å²) in [6.45, 7) is 9.18. The highest BCUT2D eigenvalue weighted by molar-refractivity contribution is 4.78. The van der Waals surface area contributed by atoms with Crippen molar-refractivity contribution in [1.82, 2.24) is 20.0 Å². The highest BCUT2D eigenvalue weighted by Gasteiger charge is 2.17. The first-order valence-corrected chi connectivity index (χ1v) is 6.79. The molecule has 0 radical (unpaired) electrons. The van der Waals surface area contributed by atoms with Crippen LogP contribution in [0.5, 0.6) is 0 Å². The van der Waals surface area contributed by atoms with Crippen LogP contribution in [0.25, 0.3) is 0 Å². The highest BCUT2D eigenvalue weighted by atomic mass is 15.3. The third kappa shape index (κ3) is 4.13. The van der Waals surface area contributed by atoms with Crippen molar-refractivity contribution in [3.63, 3.8) is 0 Å². The average molecular weight is 236 g/mol. The van der Waals surface area contributed by atoms with E-state index in [0.717, 1.165) is 19.0 Å². The number of rotatable bonds is 6. The topological polar surface area (TPSA) is 33.1 Å². The Morgan fingerprint density at radius 3 is 2.82 bits per heavy atom. The van der Waals surface area contributed by atoms with Gasteiger partial charge in [0.05, 0.1) is 6.54 Å². The van der Waals surface area contributed by atoms with Gasteiger partial charge in [0.1, 0.15) is 0 Å². The second-order valence-electron chi connectivity index (χ2n) is 4.85. The molecule has 4 nitrogen and oxygen atoms in total. The number of nitrogens with zero attached hydrogens (tertiary/aromatic N) is 3. The number of hydrogen-bond acceptors (Lipinski definition) is 3. The molecule has 1 fully saturated rings. The van der Waals surface area contributed by atoms with E-state index in [1.165, 1.54) is 39.0 Å². The van der Waals surface area contributed by atoms with E-state index in [0.29, 0.717) is 0 Å². The molecule has 1 aliphatic rings. The van der Waals surface area contributed by atoms with Crippen LogP contribution in [-0.2, 0) is 6.54 Å². The van der Waals surface area contributed by atoms with E-state index in [4.69, 9.17) is 0 Å². The van der Waals surface area contributed by atoms with Crippen molar-refractivity contribution >= 4 is 0 Å². The highest BCUT2D eigenvalue weighted by Crippen LogP contribution is 2.15. The first kappa shape index (κ1) is 12.6.